The van der Waals surface area contributed by atoms with Crippen LogP contribution in [0.2, 0.25) is 0 Å². The van der Waals surface area contributed by atoms with E-state index >= 15 is 0 Å². The molecule has 0 amide bonds. The molecule has 5 heteroatoms. The Morgan fingerprint density at radius 2 is 2.31 bits per heavy atom. The molecule has 4 nitrogen and oxygen atoms in total. The van der Waals surface area contributed by atoms with Gasteiger partial charge in [0.25, 0.3) is 0 Å². The molecule has 0 radical (unpaired) electrons. The maximum absolute atomic E-state index is 9.94. The van der Waals surface area contributed by atoms with Crippen molar-refractivity contribution in [3.8, 4) is 5.88 Å². The highest BCUT2D eigenvalue weighted by molar-refractivity contribution is 7.09. The third-order valence-electron chi connectivity index (χ3n) is 2.20. The first-order valence-electron chi connectivity index (χ1n) is 4.86. The Bertz CT molecular complexity index is 428. The number of hydrogen-bond donors (Lipinski definition) is 1. The normalized spacial score (nSPS) is 12.4. The lowest BCUT2D eigenvalue weighted by atomic mass is 10.1. The van der Waals surface area contributed by atoms with Gasteiger partial charge < -0.3 is 9.84 Å². The van der Waals surface area contributed by atoms with Crippen molar-refractivity contribution in [1.29, 1.82) is 0 Å². The zero-order chi connectivity index (χ0) is 11.4. The SMILES string of the molecule is COc1ccc(C(O)Cc2nccs2)cn1. The number of pyridine rings is 1. The number of aromatic nitrogens is 2. The summed E-state index contributed by atoms with van der Waals surface area (Å²) in [5, 5.41) is 12.8. The van der Waals surface area contributed by atoms with Gasteiger partial charge in [0.1, 0.15) is 0 Å². The third kappa shape index (κ3) is 2.56. The van der Waals surface area contributed by atoms with Gasteiger partial charge >= 0.3 is 0 Å². The fourth-order valence-corrected chi connectivity index (χ4v) is 2.00. The smallest absolute Gasteiger partial charge is 0.212 e. The van der Waals surface area contributed by atoms with Crippen molar-refractivity contribution in [2.45, 2.75) is 12.5 Å². The van der Waals surface area contributed by atoms with Crippen LogP contribution in [0.15, 0.2) is 29.9 Å². The molecule has 0 saturated carbocycles. The Hall–Kier alpha value is -1.46. The topological polar surface area (TPSA) is 55.2 Å². The van der Waals surface area contributed by atoms with Crippen LogP contribution in [-0.4, -0.2) is 22.2 Å². The van der Waals surface area contributed by atoms with Crippen LogP contribution in [0.25, 0.3) is 0 Å². The summed E-state index contributed by atoms with van der Waals surface area (Å²) in [6.45, 7) is 0. The lowest BCUT2D eigenvalue weighted by Crippen LogP contribution is -2.02. The Kier molecular flexibility index (Phi) is 3.48. The van der Waals surface area contributed by atoms with E-state index < -0.39 is 6.10 Å². The predicted octanol–water partition coefficient (Wildman–Crippen LogP) is 1.82. The number of methoxy groups -OCH3 is 1. The first kappa shape index (κ1) is 11.0. The number of rotatable bonds is 4. The molecule has 0 spiro atoms. The molecule has 0 bridgehead atoms. The molecule has 0 aliphatic carbocycles. The summed E-state index contributed by atoms with van der Waals surface area (Å²) >= 11 is 1.54. The third-order valence-corrected chi connectivity index (χ3v) is 3.01. The van der Waals surface area contributed by atoms with E-state index in [0.717, 1.165) is 10.6 Å². The van der Waals surface area contributed by atoms with Crippen molar-refractivity contribution in [1.82, 2.24) is 9.97 Å². The maximum atomic E-state index is 9.94. The van der Waals surface area contributed by atoms with Gasteiger partial charge in [-0.1, -0.05) is 0 Å². The lowest BCUT2D eigenvalue weighted by Gasteiger charge is -2.08. The number of thiazole rings is 1. The van der Waals surface area contributed by atoms with Gasteiger partial charge in [0.15, 0.2) is 0 Å². The fraction of sp³-hybridized carbons (Fsp3) is 0.273. The van der Waals surface area contributed by atoms with E-state index in [4.69, 9.17) is 4.74 Å². The summed E-state index contributed by atoms with van der Waals surface area (Å²) in [5.41, 5.74) is 0.774. The summed E-state index contributed by atoms with van der Waals surface area (Å²) in [5.74, 6) is 0.546. The van der Waals surface area contributed by atoms with Crippen LogP contribution < -0.4 is 4.74 Å². The van der Waals surface area contributed by atoms with E-state index in [0.29, 0.717) is 12.3 Å². The zero-order valence-electron chi connectivity index (χ0n) is 8.83. The summed E-state index contributed by atoms with van der Waals surface area (Å²) in [6, 6.07) is 3.55. The van der Waals surface area contributed by atoms with Crippen molar-refractivity contribution >= 4 is 11.3 Å². The summed E-state index contributed by atoms with van der Waals surface area (Å²) < 4.78 is 4.95. The second kappa shape index (κ2) is 5.05. The Balaban J connectivity index is 2.05. The van der Waals surface area contributed by atoms with E-state index in [1.165, 1.54) is 11.3 Å². The predicted molar refractivity (Wildman–Crippen MR) is 61.6 cm³/mol. The second-order valence-electron chi connectivity index (χ2n) is 3.28. The highest BCUT2D eigenvalue weighted by atomic mass is 32.1. The molecule has 0 fully saturated rings. The molecular weight excluding hydrogens is 224 g/mol. The van der Waals surface area contributed by atoms with Crippen LogP contribution in [0.5, 0.6) is 5.88 Å². The summed E-state index contributed by atoms with van der Waals surface area (Å²) in [7, 11) is 1.56. The summed E-state index contributed by atoms with van der Waals surface area (Å²) in [6.07, 6.45) is 3.31. The molecule has 0 aliphatic rings. The van der Waals surface area contributed by atoms with Gasteiger partial charge in [-0.3, -0.25) is 0 Å². The second-order valence-corrected chi connectivity index (χ2v) is 4.26. The van der Waals surface area contributed by atoms with Crippen molar-refractivity contribution in [3.63, 3.8) is 0 Å². The molecular formula is C11H12N2O2S. The first-order chi connectivity index (χ1) is 7.79. The molecule has 2 rings (SSSR count). The van der Waals surface area contributed by atoms with E-state index in [9.17, 15) is 5.11 Å². The number of ether oxygens (including phenoxy) is 1. The van der Waals surface area contributed by atoms with Crippen molar-refractivity contribution in [2.24, 2.45) is 0 Å². The molecule has 1 atom stereocenters. The van der Waals surface area contributed by atoms with Crippen LogP contribution >= 0.6 is 11.3 Å². The number of nitrogens with zero attached hydrogens (tertiary/aromatic N) is 2. The van der Waals surface area contributed by atoms with Crippen LogP contribution in [0, 0.1) is 0 Å². The van der Waals surface area contributed by atoms with Gasteiger partial charge in [0, 0.05) is 30.3 Å². The minimum absolute atomic E-state index is 0.520. The van der Waals surface area contributed by atoms with Crippen molar-refractivity contribution in [3.05, 3.63) is 40.5 Å². The quantitative estimate of drug-likeness (QED) is 0.879. The molecule has 84 valence electrons. The Morgan fingerprint density at radius 3 is 2.88 bits per heavy atom. The minimum Gasteiger partial charge on any atom is -0.481 e. The average molecular weight is 236 g/mol. The molecule has 0 saturated heterocycles. The van der Waals surface area contributed by atoms with Crippen LogP contribution in [0.1, 0.15) is 16.7 Å². The minimum atomic E-state index is -0.565. The number of hydrogen-bond acceptors (Lipinski definition) is 5. The van der Waals surface area contributed by atoms with Gasteiger partial charge in [-0.15, -0.1) is 11.3 Å². The van der Waals surface area contributed by atoms with E-state index in [1.54, 1.807) is 25.6 Å². The Morgan fingerprint density at radius 1 is 1.44 bits per heavy atom. The molecule has 0 aromatic carbocycles. The van der Waals surface area contributed by atoms with E-state index in [-0.39, 0.29) is 0 Å². The molecule has 2 aromatic rings. The van der Waals surface area contributed by atoms with E-state index in [2.05, 4.69) is 9.97 Å². The molecule has 0 aliphatic heterocycles. The van der Waals surface area contributed by atoms with Crippen LogP contribution in [0.3, 0.4) is 0 Å². The molecule has 1 unspecified atom stereocenters. The van der Waals surface area contributed by atoms with Crippen LogP contribution in [0.4, 0.5) is 0 Å². The number of aliphatic hydroxyl groups excluding tert-OH is 1. The monoisotopic (exact) mass is 236 g/mol. The highest BCUT2D eigenvalue weighted by Crippen LogP contribution is 2.20. The van der Waals surface area contributed by atoms with Gasteiger partial charge in [-0.25, -0.2) is 9.97 Å². The van der Waals surface area contributed by atoms with Gasteiger partial charge in [0.05, 0.1) is 18.2 Å². The fourth-order valence-electron chi connectivity index (χ4n) is 1.35. The van der Waals surface area contributed by atoms with Crippen LogP contribution in [-0.2, 0) is 6.42 Å². The highest BCUT2D eigenvalue weighted by Gasteiger charge is 2.10. The van der Waals surface area contributed by atoms with Gasteiger partial charge in [-0.05, 0) is 11.6 Å². The summed E-state index contributed by atoms with van der Waals surface area (Å²) in [4.78, 5) is 8.18. The molecule has 1 N–H and O–H groups in total. The van der Waals surface area contributed by atoms with E-state index in [1.807, 2.05) is 11.4 Å². The maximum Gasteiger partial charge on any atom is 0.212 e. The molecule has 16 heavy (non-hydrogen) atoms. The molecule has 2 heterocycles. The Labute approximate surface area is 97.6 Å². The average Bonchev–Trinajstić information content (AvgIpc) is 2.82. The van der Waals surface area contributed by atoms with Crippen molar-refractivity contribution < 1.29 is 9.84 Å². The standard InChI is InChI=1S/C11H12N2O2S/c1-15-10-3-2-8(7-13-10)9(14)6-11-12-4-5-16-11/h2-5,7,9,14H,6H2,1H3. The largest absolute Gasteiger partial charge is 0.481 e. The zero-order valence-corrected chi connectivity index (χ0v) is 9.65. The van der Waals surface area contributed by atoms with Gasteiger partial charge in [-0.2, -0.15) is 0 Å². The first-order valence-corrected chi connectivity index (χ1v) is 5.74. The van der Waals surface area contributed by atoms with Gasteiger partial charge in [0.2, 0.25) is 5.88 Å². The molecule has 2 aromatic heterocycles. The lowest BCUT2D eigenvalue weighted by molar-refractivity contribution is 0.177. The number of aliphatic hydroxyl groups is 1. The van der Waals surface area contributed by atoms with Crippen molar-refractivity contribution in [2.75, 3.05) is 7.11 Å².